The molecule has 0 aliphatic carbocycles. The smallest absolute Gasteiger partial charge is 0.258 e. The number of hydrogen-bond donors (Lipinski definition) is 3. The van der Waals surface area contributed by atoms with Crippen LogP contribution in [0.1, 0.15) is 21.5 Å². The molecule has 32 heavy (non-hydrogen) atoms. The highest BCUT2D eigenvalue weighted by atomic mass is 16.5. The minimum Gasteiger partial charge on any atom is -0.497 e. The SMILES string of the molecule is COc1cccc(CN2CCOc3cc(-c4cnc(N)c(/C(N)=N/O)c4)ccc3C2=O)c1. The second kappa shape index (κ2) is 8.84. The van der Waals surface area contributed by atoms with E-state index in [0.717, 1.165) is 16.9 Å². The fraction of sp³-hybridized carbons (Fsp3) is 0.174. The summed E-state index contributed by atoms with van der Waals surface area (Å²) < 4.78 is 11.2. The van der Waals surface area contributed by atoms with Gasteiger partial charge in [-0.25, -0.2) is 4.98 Å². The van der Waals surface area contributed by atoms with Crippen LogP contribution in [0.3, 0.4) is 0 Å². The molecule has 0 bridgehead atoms. The van der Waals surface area contributed by atoms with E-state index < -0.39 is 0 Å². The molecule has 3 aromatic rings. The van der Waals surface area contributed by atoms with E-state index in [9.17, 15) is 4.79 Å². The van der Waals surface area contributed by atoms with Crippen LogP contribution >= 0.6 is 0 Å². The number of amidine groups is 1. The molecule has 0 spiro atoms. The summed E-state index contributed by atoms with van der Waals surface area (Å²) in [5.41, 5.74) is 14.7. The normalized spacial score (nSPS) is 13.8. The van der Waals surface area contributed by atoms with Crippen molar-refractivity contribution in [3.8, 4) is 22.6 Å². The largest absolute Gasteiger partial charge is 0.497 e. The van der Waals surface area contributed by atoms with E-state index in [-0.39, 0.29) is 17.6 Å². The number of aromatic nitrogens is 1. The van der Waals surface area contributed by atoms with Crippen molar-refractivity contribution in [2.75, 3.05) is 26.0 Å². The Labute approximate surface area is 184 Å². The molecule has 0 saturated carbocycles. The second-order valence-corrected chi connectivity index (χ2v) is 7.28. The average Bonchev–Trinajstić information content (AvgIpc) is 2.97. The van der Waals surface area contributed by atoms with Crippen LogP contribution in [-0.2, 0) is 6.54 Å². The first-order valence-electron chi connectivity index (χ1n) is 9.93. The van der Waals surface area contributed by atoms with Crippen LogP contribution in [0.4, 0.5) is 5.82 Å². The van der Waals surface area contributed by atoms with Gasteiger partial charge in [-0.05, 0) is 41.5 Å². The third-order valence-corrected chi connectivity index (χ3v) is 5.26. The van der Waals surface area contributed by atoms with Gasteiger partial charge in [-0.3, -0.25) is 4.79 Å². The van der Waals surface area contributed by atoms with Crippen molar-refractivity contribution in [2.24, 2.45) is 10.9 Å². The third kappa shape index (κ3) is 4.13. The Morgan fingerprint density at radius 3 is 2.88 bits per heavy atom. The van der Waals surface area contributed by atoms with Gasteiger partial charge in [-0.15, -0.1) is 0 Å². The van der Waals surface area contributed by atoms with Crippen LogP contribution in [0.25, 0.3) is 11.1 Å². The number of ether oxygens (including phenoxy) is 2. The van der Waals surface area contributed by atoms with Crippen LogP contribution in [0, 0.1) is 0 Å². The van der Waals surface area contributed by atoms with Gasteiger partial charge in [0, 0.05) is 18.3 Å². The molecule has 9 nitrogen and oxygen atoms in total. The highest BCUT2D eigenvalue weighted by molar-refractivity contribution is 6.02. The summed E-state index contributed by atoms with van der Waals surface area (Å²) in [7, 11) is 1.61. The van der Waals surface area contributed by atoms with Crippen molar-refractivity contribution in [1.82, 2.24) is 9.88 Å². The van der Waals surface area contributed by atoms with Crippen LogP contribution in [-0.4, -0.2) is 47.1 Å². The molecule has 1 aliphatic rings. The molecule has 2 aromatic carbocycles. The van der Waals surface area contributed by atoms with Crippen molar-refractivity contribution in [3.05, 3.63) is 71.4 Å². The van der Waals surface area contributed by atoms with E-state index in [0.29, 0.717) is 42.1 Å². The Balaban J connectivity index is 1.62. The van der Waals surface area contributed by atoms with E-state index in [1.165, 1.54) is 0 Å². The van der Waals surface area contributed by atoms with Gasteiger partial charge in [0.05, 0.1) is 24.8 Å². The Morgan fingerprint density at radius 1 is 1.25 bits per heavy atom. The number of nitrogen functional groups attached to an aromatic ring is 1. The quantitative estimate of drug-likeness (QED) is 0.243. The Hall–Kier alpha value is -4.27. The van der Waals surface area contributed by atoms with E-state index in [4.69, 9.17) is 26.1 Å². The first-order valence-corrected chi connectivity index (χ1v) is 9.93. The van der Waals surface area contributed by atoms with Gasteiger partial charge >= 0.3 is 0 Å². The Kier molecular flexibility index (Phi) is 5.80. The van der Waals surface area contributed by atoms with Crippen LogP contribution in [0.15, 0.2) is 59.9 Å². The van der Waals surface area contributed by atoms with Crippen molar-refractivity contribution in [1.29, 1.82) is 0 Å². The summed E-state index contributed by atoms with van der Waals surface area (Å²) >= 11 is 0. The maximum atomic E-state index is 13.2. The molecule has 9 heteroatoms. The summed E-state index contributed by atoms with van der Waals surface area (Å²) in [4.78, 5) is 19.1. The Bertz CT molecular complexity index is 1190. The maximum absolute atomic E-state index is 13.2. The highest BCUT2D eigenvalue weighted by Gasteiger charge is 2.24. The number of fused-ring (bicyclic) bond motifs is 1. The zero-order chi connectivity index (χ0) is 22.7. The summed E-state index contributed by atoms with van der Waals surface area (Å²) in [6, 6.07) is 14.6. The van der Waals surface area contributed by atoms with E-state index in [1.807, 2.05) is 24.3 Å². The van der Waals surface area contributed by atoms with E-state index >= 15 is 0 Å². The number of nitrogens with zero attached hydrogens (tertiary/aromatic N) is 3. The summed E-state index contributed by atoms with van der Waals surface area (Å²) in [6.45, 7) is 1.27. The van der Waals surface area contributed by atoms with Crippen LogP contribution in [0.5, 0.6) is 11.5 Å². The minimum absolute atomic E-state index is 0.111. The number of hydrogen-bond acceptors (Lipinski definition) is 7. The molecule has 0 saturated heterocycles. The molecule has 0 unspecified atom stereocenters. The standard InChI is InChI=1S/C23H23N5O4/c1-31-17-4-2-3-14(9-17)13-28-7-8-32-20-11-15(5-6-18(20)23(28)29)16-10-19(22(25)27-30)21(24)26-12-16/h2-6,9-12,30H,7-8,13H2,1H3,(H2,24,26)(H2,25,27). The zero-order valence-corrected chi connectivity index (χ0v) is 17.5. The molecule has 164 valence electrons. The molecule has 0 radical (unpaired) electrons. The first-order chi connectivity index (χ1) is 15.5. The summed E-state index contributed by atoms with van der Waals surface area (Å²) in [6.07, 6.45) is 1.58. The molecule has 1 aliphatic heterocycles. The number of oxime groups is 1. The van der Waals surface area contributed by atoms with Gasteiger partial charge in [0.25, 0.3) is 5.91 Å². The number of benzene rings is 2. The van der Waals surface area contributed by atoms with Crippen molar-refractivity contribution in [3.63, 3.8) is 0 Å². The zero-order valence-electron chi connectivity index (χ0n) is 17.5. The molecule has 5 N–H and O–H groups in total. The first kappa shape index (κ1) is 21.0. The fourth-order valence-electron chi connectivity index (χ4n) is 3.57. The lowest BCUT2D eigenvalue weighted by Crippen LogP contribution is -2.31. The summed E-state index contributed by atoms with van der Waals surface area (Å²) in [5.74, 6) is 1.14. The highest BCUT2D eigenvalue weighted by Crippen LogP contribution is 2.31. The number of anilines is 1. The second-order valence-electron chi connectivity index (χ2n) is 7.28. The lowest BCUT2D eigenvalue weighted by Gasteiger charge is -2.20. The molecule has 4 rings (SSSR count). The average molecular weight is 433 g/mol. The predicted molar refractivity (Wildman–Crippen MR) is 120 cm³/mol. The molecule has 1 aromatic heterocycles. The molecule has 1 amide bonds. The molecular weight excluding hydrogens is 410 g/mol. The monoisotopic (exact) mass is 433 g/mol. The number of methoxy groups -OCH3 is 1. The molecule has 2 heterocycles. The Morgan fingerprint density at radius 2 is 2.09 bits per heavy atom. The molecule has 0 atom stereocenters. The maximum Gasteiger partial charge on any atom is 0.258 e. The summed E-state index contributed by atoms with van der Waals surface area (Å²) in [5, 5.41) is 12.0. The van der Waals surface area contributed by atoms with Gasteiger partial charge in [-0.1, -0.05) is 23.4 Å². The lowest BCUT2D eigenvalue weighted by atomic mass is 10.0. The van der Waals surface area contributed by atoms with Gasteiger partial charge in [0.1, 0.15) is 23.9 Å². The number of carbonyl (C=O) groups is 1. The number of amides is 1. The minimum atomic E-state index is -0.133. The lowest BCUT2D eigenvalue weighted by molar-refractivity contribution is 0.0743. The topological polar surface area (TPSA) is 136 Å². The number of nitrogens with two attached hydrogens (primary N) is 2. The number of rotatable bonds is 5. The van der Waals surface area contributed by atoms with Gasteiger partial charge in [0.15, 0.2) is 5.84 Å². The third-order valence-electron chi connectivity index (χ3n) is 5.26. The van der Waals surface area contributed by atoms with E-state index in [1.54, 1.807) is 42.5 Å². The van der Waals surface area contributed by atoms with Gasteiger partial charge < -0.3 is 31.0 Å². The van der Waals surface area contributed by atoms with E-state index in [2.05, 4.69) is 10.1 Å². The van der Waals surface area contributed by atoms with Gasteiger partial charge in [-0.2, -0.15) is 0 Å². The van der Waals surface area contributed by atoms with Crippen molar-refractivity contribution < 1.29 is 19.5 Å². The van der Waals surface area contributed by atoms with Crippen LogP contribution < -0.4 is 20.9 Å². The predicted octanol–water partition coefficient (Wildman–Crippen LogP) is 2.47. The number of pyridine rings is 1. The van der Waals surface area contributed by atoms with Crippen LogP contribution in [0.2, 0.25) is 0 Å². The molecule has 0 fully saturated rings. The van der Waals surface area contributed by atoms with Crippen molar-refractivity contribution >= 4 is 17.6 Å². The molecular formula is C23H23N5O4. The van der Waals surface area contributed by atoms with Crippen molar-refractivity contribution in [2.45, 2.75) is 6.54 Å². The van der Waals surface area contributed by atoms with Gasteiger partial charge in [0.2, 0.25) is 0 Å². The number of carbonyl (C=O) groups excluding carboxylic acids is 1. The fourth-order valence-corrected chi connectivity index (χ4v) is 3.57.